The maximum absolute atomic E-state index is 6.75. The van der Waals surface area contributed by atoms with E-state index in [0.717, 1.165) is 6.61 Å². The van der Waals surface area contributed by atoms with Crippen LogP contribution in [-0.2, 0) is 4.43 Å². The highest BCUT2D eigenvalue weighted by Gasteiger charge is 2.33. The lowest BCUT2D eigenvalue weighted by molar-refractivity contribution is 0.285. The van der Waals surface area contributed by atoms with Gasteiger partial charge in [0.1, 0.15) is 0 Å². The van der Waals surface area contributed by atoms with Crippen LogP contribution in [0, 0.1) is 0 Å². The number of hydrogen-bond donors (Lipinski definition) is 0. The van der Waals surface area contributed by atoms with Gasteiger partial charge in [-0.25, -0.2) is 0 Å². The summed E-state index contributed by atoms with van der Waals surface area (Å²) in [4.78, 5) is 0. The molecule has 2 heteroatoms. The minimum Gasteiger partial charge on any atom is -0.417 e. The highest BCUT2D eigenvalue weighted by Crippen LogP contribution is 2.31. The molecule has 0 amide bonds. The molecule has 0 aromatic carbocycles. The molecule has 0 heterocycles. The van der Waals surface area contributed by atoms with Crippen molar-refractivity contribution in [1.29, 1.82) is 0 Å². The molecule has 0 saturated heterocycles. The Hall–Kier alpha value is 0.177. The fourth-order valence-electron chi connectivity index (χ4n) is 3.65. The number of rotatable bonds is 19. The Balaban J connectivity index is 4.58. The van der Waals surface area contributed by atoms with Crippen LogP contribution in [-0.4, -0.2) is 14.9 Å². The van der Waals surface area contributed by atoms with Crippen molar-refractivity contribution in [3.63, 3.8) is 0 Å². The molecule has 24 heavy (non-hydrogen) atoms. The van der Waals surface area contributed by atoms with Crippen LogP contribution in [0.2, 0.25) is 18.1 Å². The van der Waals surface area contributed by atoms with E-state index in [2.05, 4.69) is 27.7 Å². The van der Waals surface area contributed by atoms with Gasteiger partial charge >= 0.3 is 0 Å². The third-order valence-electron chi connectivity index (χ3n) is 5.36. The summed E-state index contributed by atoms with van der Waals surface area (Å²) in [6, 6.07) is 4.32. The Morgan fingerprint density at radius 2 is 0.833 bits per heavy atom. The van der Waals surface area contributed by atoms with Crippen molar-refractivity contribution >= 4 is 8.32 Å². The monoisotopic (exact) mass is 356 g/mol. The molecule has 0 saturated carbocycles. The first-order valence-corrected chi connectivity index (χ1v) is 13.9. The van der Waals surface area contributed by atoms with E-state index >= 15 is 0 Å². The van der Waals surface area contributed by atoms with Crippen LogP contribution in [0.25, 0.3) is 0 Å². The van der Waals surface area contributed by atoms with Crippen molar-refractivity contribution in [2.45, 2.75) is 136 Å². The van der Waals surface area contributed by atoms with Gasteiger partial charge in [-0.05, 0) is 24.6 Å². The lowest BCUT2D eigenvalue weighted by Gasteiger charge is -2.32. The van der Waals surface area contributed by atoms with Crippen molar-refractivity contribution in [2.24, 2.45) is 0 Å². The average Bonchev–Trinajstić information content (AvgIpc) is 2.60. The fraction of sp³-hybridized carbons (Fsp3) is 1.00. The van der Waals surface area contributed by atoms with E-state index in [0.29, 0.717) is 0 Å². The molecule has 0 fully saturated rings. The van der Waals surface area contributed by atoms with E-state index in [1.54, 1.807) is 0 Å². The Kier molecular flexibility index (Phi) is 18.1. The molecule has 0 spiro atoms. The Bertz CT molecular complexity index is 211. The first-order valence-electron chi connectivity index (χ1n) is 11.4. The summed E-state index contributed by atoms with van der Waals surface area (Å²) in [5.74, 6) is 0. The van der Waals surface area contributed by atoms with Gasteiger partial charge in [-0.1, -0.05) is 111 Å². The molecule has 0 bridgehead atoms. The zero-order chi connectivity index (χ0) is 17.9. The second kappa shape index (κ2) is 18.0. The summed E-state index contributed by atoms with van der Waals surface area (Å²) >= 11 is 0. The van der Waals surface area contributed by atoms with Gasteiger partial charge < -0.3 is 4.43 Å². The first-order chi connectivity index (χ1) is 11.7. The molecule has 0 radical (unpaired) electrons. The summed E-state index contributed by atoms with van der Waals surface area (Å²) in [6.45, 7) is 10.3. The van der Waals surface area contributed by atoms with Crippen LogP contribution in [0.1, 0.15) is 118 Å². The van der Waals surface area contributed by atoms with Crippen LogP contribution in [0.15, 0.2) is 0 Å². The van der Waals surface area contributed by atoms with E-state index in [-0.39, 0.29) is 0 Å². The molecule has 0 aromatic rings. The summed E-state index contributed by atoms with van der Waals surface area (Å²) in [7, 11) is -1.48. The van der Waals surface area contributed by atoms with E-state index < -0.39 is 8.32 Å². The van der Waals surface area contributed by atoms with Gasteiger partial charge in [0.05, 0.1) is 0 Å². The minimum atomic E-state index is -1.48. The normalized spacial score (nSPS) is 12.0. The van der Waals surface area contributed by atoms with Crippen molar-refractivity contribution < 1.29 is 4.43 Å². The largest absolute Gasteiger partial charge is 0.417 e. The standard InChI is InChI=1S/C22H48OSi/c1-5-9-13-16-20-24(23-19-12-8-4,21-17-14-10-6-2)22-18-15-11-7-3/h5-22H2,1-4H3. The van der Waals surface area contributed by atoms with Crippen LogP contribution in [0.5, 0.6) is 0 Å². The van der Waals surface area contributed by atoms with Crippen LogP contribution < -0.4 is 0 Å². The second-order valence-electron chi connectivity index (χ2n) is 7.82. The Labute approximate surface area is 155 Å². The summed E-state index contributed by atoms with van der Waals surface area (Å²) in [5.41, 5.74) is 0. The van der Waals surface area contributed by atoms with Gasteiger partial charge in [0.25, 0.3) is 0 Å². The van der Waals surface area contributed by atoms with E-state index in [1.165, 1.54) is 108 Å². The van der Waals surface area contributed by atoms with Crippen molar-refractivity contribution in [3.8, 4) is 0 Å². The van der Waals surface area contributed by atoms with Gasteiger partial charge in [0.15, 0.2) is 8.32 Å². The zero-order valence-electron chi connectivity index (χ0n) is 17.6. The lowest BCUT2D eigenvalue weighted by atomic mass is 10.2. The zero-order valence-corrected chi connectivity index (χ0v) is 18.6. The maximum Gasteiger partial charge on any atom is 0.192 e. The predicted octanol–water partition coefficient (Wildman–Crippen LogP) is 8.49. The second-order valence-corrected chi connectivity index (χ2v) is 12.0. The van der Waals surface area contributed by atoms with Crippen molar-refractivity contribution in [1.82, 2.24) is 0 Å². The van der Waals surface area contributed by atoms with Gasteiger partial charge in [0, 0.05) is 6.61 Å². The molecule has 0 atom stereocenters. The summed E-state index contributed by atoms with van der Waals surface area (Å²) in [6.07, 6.45) is 19.3. The third-order valence-corrected chi connectivity index (χ3v) is 9.97. The number of hydrogen-bond acceptors (Lipinski definition) is 1. The molecule has 0 aliphatic rings. The van der Waals surface area contributed by atoms with Crippen LogP contribution in [0.3, 0.4) is 0 Å². The summed E-state index contributed by atoms with van der Waals surface area (Å²) < 4.78 is 6.75. The molecule has 0 rings (SSSR count). The van der Waals surface area contributed by atoms with Gasteiger partial charge in [0.2, 0.25) is 0 Å². The van der Waals surface area contributed by atoms with Gasteiger partial charge in [-0.15, -0.1) is 0 Å². The molecule has 146 valence electrons. The SMILES string of the molecule is CCCCCC[Si](CCCCCC)(CCCCCC)OCCCC. The van der Waals surface area contributed by atoms with Crippen molar-refractivity contribution in [3.05, 3.63) is 0 Å². The smallest absolute Gasteiger partial charge is 0.192 e. The molecule has 0 N–H and O–H groups in total. The maximum atomic E-state index is 6.75. The fourth-order valence-corrected chi connectivity index (χ4v) is 8.09. The van der Waals surface area contributed by atoms with Crippen molar-refractivity contribution in [2.75, 3.05) is 6.61 Å². The lowest BCUT2D eigenvalue weighted by Crippen LogP contribution is -2.38. The van der Waals surface area contributed by atoms with E-state index in [1.807, 2.05) is 0 Å². The minimum absolute atomic E-state index is 1.04. The molecule has 0 aromatic heterocycles. The molecule has 0 unspecified atom stereocenters. The Morgan fingerprint density at radius 3 is 1.17 bits per heavy atom. The quantitative estimate of drug-likeness (QED) is 0.166. The van der Waals surface area contributed by atoms with Gasteiger partial charge in [-0.2, -0.15) is 0 Å². The van der Waals surface area contributed by atoms with Crippen LogP contribution >= 0.6 is 0 Å². The highest BCUT2D eigenvalue weighted by atomic mass is 28.4. The summed E-state index contributed by atoms with van der Waals surface area (Å²) in [5, 5.41) is 0. The molecular weight excluding hydrogens is 308 g/mol. The molecular formula is C22H48OSi. The Morgan fingerprint density at radius 1 is 0.458 bits per heavy atom. The van der Waals surface area contributed by atoms with Crippen LogP contribution in [0.4, 0.5) is 0 Å². The van der Waals surface area contributed by atoms with Gasteiger partial charge in [-0.3, -0.25) is 0 Å². The number of unbranched alkanes of at least 4 members (excludes halogenated alkanes) is 10. The molecule has 0 aliphatic carbocycles. The molecule has 1 nitrogen and oxygen atoms in total. The molecule has 0 aliphatic heterocycles. The van der Waals surface area contributed by atoms with E-state index in [4.69, 9.17) is 4.43 Å². The topological polar surface area (TPSA) is 9.23 Å². The predicted molar refractivity (Wildman–Crippen MR) is 113 cm³/mol. The average molecular weight is 357 g/mol. The van der Waals surface area contributed by atoms with E-state index in [9.17, 15) is 0 Å². The third kappa shape index (κ3) is 13.5. The highest BCUT2D eigenvalue weighted by molar-refractivity contribution is 6.73. The first kappa shape index (κ1) is 24.2.